The van der Waals surface area contributed by atoms with E-state index in [4.69, 9.17) is 23.2 Å². The van der Waals surface area contributed by atoms with Crippen LogP contribution in [0.2, 0.25) is 0 Å². The molecule has 0 radical (unpaired) electrons. The van der Waals surface area contributed by atoms with Gasteiger partial charge in [-0.2, -0.15) is 0 Å². The Morgan fingerprint density at radius 2 is 1.62 bits per heavy atom. The Morgan fingerprint density at radius 3 is 2.12 bits per heavy atom. The number of sulfonamides is 1. The van der Waals surface area contributed by atoms with Gasteiger partial charge in [-0.25, -0.2) is 23.1 Å². The standard InChI is InChI=1S/C14H14Cl2N4O3S/c1-8-7-9(2)18-14(17-8)20-24(22,23)11-5-3-10(4-6-11)19-13(21)12(15)16/h3-7,12H,1-2H3,(H,19,21)(H,17,18,20). The molecule has 2 aromatic rings. The summed E-state index contributed by atoms with van der Waals surface area (Å²) in [7, 11) is -3.85. The van der Waals surface area contributed by atoms with Crippen molar-refractivity contribution in [2.24, 2.45) is 0 Å². The van der Waals surface area contributed by atoms with Crippen molar-refractivity contribution in [2.45, 2.75) is 23.6 Å². The lowest BCUT2D eigenvalue weighted by molar-refractivity contribution is -0.114. The van der Waals surface area contributed by atoms with E-state index in [2.05, 4.69) is 20.0 Å². The minimum absolute atomic E-state index is 0.00278. The Hall–Kier alpha value is -1.90. The summed E-state index contributed by atoms with van der Waals surface area (Å²) in [6.07, 6.45) is 0. The van der Waals surface area contributed by atoms with E-state index in [0.717, 1.165) is 0 Å². The number of amides is 1. The van der Waals surface area contributed by atoms with E-state index in [1.54, 1.807) is 19.9 Å². The second-order valence-corrected chi connectivity index (χ2v) is 7.67. The fourth-order valence-electron chi connectivity index (χ4n) is 1.86. The fraction of sp³-hybridized carbons (Fsp3) is 0.214. The van der Waals surface area contributed by atoms with Gasteiger partial charge < -0.3 is 5.32 Å². The van der Waals surface area contributed by atoms with E-state index in [1.165, 1.54) is 24.3 Å². The number of hydrogen-bond donors (Lipinski definition) is 2. The number of aryl methyl sites for hydroxylation is 2. The zero-order chi connectivity index (χ0) is 17.9. The number of carbonyl (C=O) groups is 1. The first kappa shape index (κ1) is 18.4. The zero-order valence-electron chi connectivity index (χ0n) is 12.7. The van der Waals surface area contributed by atoms with Crippen molar-refractivity contribution in [1.82, 2.24) is 9.97 Å². The summed E-state index contributed by atoms with van der Waals surface area (Å²) in [6.45, 7) is 3.48. The molecule has 128 valence electrons. The second-order valence-electron chi connectivity index (χ2n) is 4.89. The van der Waals surface area contributed by atoms with Crippen LogP contribution in [-0.4, -0.2) is 29.1 Å². The van der Waals surface area contributed by atoms with Crippen LogP contribution in [0.4, 0.5) is 11.6 Å². The SMILES string of the molecule is Cc1cc(C)nc(NS(=O)(=O)c2ccc(NC(=O)C(Cl)Cl)cc2)n1. The van der Waals surface area contributed by atoms with Crippen molar-refractivity contribution < 1.29 is 13.2 Å². The first-order valence-corrected chi connectivity index (χ1v) is 9.07. The third kappa shape index (κ3) is 4.80. The van der Waals surface area contributed by atoms with Crippen molar-refractivity contribution in [3.8, 4) is 0 Å². The Bertz CT molecular complexity index is 835. The van der Waals surface area contributed by atoms with Crippen LogP contribution in [0.1, 0.15) is 11.4 Å². The van der Waals surface area contributed by atoms with Gasteiger partial charge in [0.05, 0.1) is 4.90 Å². The number of carbonyl (C=O) groups excluding carboxylic acids is 1. The van der Waals surface area contributed by atoms with Gasteiger partial charge in [-0.05, 0) is 44.2 Å². The highest BCUT2D eigenvalue weighted by Gasteiger charge is 2.17. The van der Waals surface area contributed by atoms with E-state index in [0.29, 0.717) is 17.1 Å². The van der Waals surface area contributed by atoms with Gasteiger partial charge in [-0.15, -0.1) is 0 Å². The average molecular weight is 389 g/mol. The van der Waals surface area contributed by atoms with E-state index < -0.39 is 20.8 Å². The van der Waals surface area contributed by atoms with E-state index in [1.807, 2.05) is 0 Å². The monoisotopic (exact) mass is 388 g/mol. The number of aromatic nitrogens is 2. The number of anilines is 2. The maximum Gasteiger partial charge on any atom is 0.264 e. The predicted octanol–water partition coefficient (Wildman–Crippen LogP) is 2.64. The van der Waals surface area contributed by atoms with Crippen molar-refractivity contribution in [3.05, 3.63) is 41.7 Å². The van der Waals surface area contributed by atoms with Crippen LogP contribution >= 0.6 is 23.2 Å². The Balaban J connectivity index is 2.19. The molecule has 0 bridgehead atoms. The van der Waals surface area contributed by atoms with Crippen molar-refractivity contribution >= 4 is 50.8 Å². The molecule has 0 aliphatic rings. The first-order chi connectivity index (χ1) is 11.2. The molecule has 1 heterocycles. The molecule has 0 unspecified atom stereocenters. The number of benzene rings is 1. The summed E-state index contributed by atoms with van der Waals surface area (Å²) >= 11 is 10.9. The molecule has 1 amide bonds. The van der Waals surface area contributed by atoms with Gasteiger partial charge in [0.2, 0.25) is 5.95 Å². The first-order valence-electron chi connectivity index (χ1n) is 6.71. The molecule has 24 heavy (non-hydrogen) atoms. The van der Waals surface area contributed by atoms with Crippen LogP contribution in [0, 0.1) is 13.8 Å². The molecular weight excluding hydrogens is 375 g/mol. The summed E-state index contributed by atoms with van der Waals surface area (Å²) in [5.41, 5.74) is 1.66. The number of rotatable bonds is 5. The predicted molar refractivity (Wildman–Crippen MR) is 92.9 cm³/mol. The molecule has 0 atom stereocenters. The largest absolute Gasteiger partial charge is 0.324 e. The molecule has 0 aliphatic carbocycles. The molecule has 10 heteroatoms. The van der Waals surface area contributed by atoms with Crippen molar-refractivity contribution in [2.75, 3.05) is 10.0 Å². The molecular formula is C14H14Cl2N4O3S. The minimum atomic E-state index is -3.85. The maximum absolute atomic E-state index is 12.3. The number of nitrogens with zero attached hydrogens (tertiary/aromatic N) is 2. The summed E-state index contributed by atoms with van der Waals surface area (Å²) in [4.78, 5) is 18.2. The smallest absolute Gasteiger partial charge is 0.264 e. The van der Waals surface area contributed by atoms with Crippen LogP contribution in [0.5, 0.6) is 0 Å². The molecule has 2 N–H and O–H groups in total. The van der Waals surface area contributed by atoms with Crippen LogP contribution in [0.3, 0.4) is 0 Å². The van der Waals surface area contributed by atoms with Crippen LogP contribution < -0.4 is 10.0 Å². The van der Waals surface area contributed by atoms with Gasteiger partial charge in [0.15, 0.2) is 4.84 Å². The van der Waals surface area contributed by atoms with E-state index in [9.17, 15) is 13.2 Å². The van der Waals surface area contributed by atoms with Gasteiger partial charge in [0.25, 0.3) is 15.9 Å². The molecule has 0 saturated heterocycles. The third-order valence-corrected chi connectivity index (χ3v) is 4.58. The topological polar surface area (TPSA) is 101 Å². The molecule has 1 aromatic heterocycles. The fourth-order valence-corrected chi connectivity index (χ4v) is 2.92. The van der Waals surface area contributed by atoms with Crippen molar-refractivity contribution in [3.63, 3.8) is 0 Å². The summed E-state index contributed by atoms with van der Waals surface area (Å²) < 4.78 is 27.0. The molecule has 0 spiro atoms. The molecule has 7 nitrogen and oxygen atoms in total. The quantitative estimate of drug-likeness (QED) is 0.766. The van der Waals surface area contributed by atoms with Crippen LogP contribution in [-0.2, 0) is 14.8 Å². The highest BCUT2D eigenvalue weighted by molar-refractivity contribution is 7.92. The highest BCUT2D eigenvalue weighted by Crippen LogP contribution is 2.18. The lowest BCUT2D eigenvalue weighted by atomic mass is 10.3. The third-order valence-electron chi connectivity index (χ3n) is 2.84. The van der Waals surface area contributed by atoms with E-state index in [-0.39, 0.29) is 10.8 Å². The van der Waals surface area contributed by atoms with Gasteiger partial charge >= 0.3 is 0 Å². The second kappa shape index (κ2) is 7.33. The Kier molecular flexibility index (Phi) is 5.63. The van der Waals surface area contributed by atoms with Gasteiger partial charge in [0.1, 0.15) is 0 Å². The van der Waals surface area contributed by atoms with Crippen LogP contribution in [0.25, 0.3) is 0 Å². The normalized spacial score (nSPS) is 11.4. The Morgan fingerprint density at radius 1 is 1.08 bits per heavy atom. The van der Waals surface area contributed by atoms with Gasteiger partial charge in [-0.3, -0.25) is 4.79 Å². The van der Waals surface area contributed by atoms with E-state index >= 15 is 0 Å². The molecule has 0 saturated carbocycles. The van der Waals surface area contributed by atoms with Crippen molar-refractivity contribution in [1.29, 1.82) is 0 Å². The van der Waals surface area contributed by atoms with Gasteiger partial charge in [0, 0.05) is 17.1 Å². The zero-order valence-corrected chi connectivity index (χ0v) is 15.1. The Labute approximate surface area is 149 Å². The summed E-state index contributed by atoms with van der Waals surface area (Å²) in [5.74, 6) is -0.604. The lowest BCUT2D eigenvalue weighted by Gasteiger charge is -2.09. The minimum Gasteiger partial charge on any atom is -0.324 e. The number of hydrogen-bond acceptors (Lipinski definition) is 5. The number of alkyl halides is 2. The average Bonchev–Trinajstić information content (AvgIpc) is 2.46. The molecule has 2 rings (SSSR count). The highest BCUT2D eigenvalue weighted by atomic mass is 35.5. The molecule has 0 aliphatic heterocycles. The lowest BCUT2D eigenvalue weighted by Crippen LogP contribution is -2.19. The summed E-state index contributed by atoms with van der Waals surface area (Å²) in [6, 6.07) is 7.24. The maximum atomic E-state index is 12.3. The van der Waals surface area contributed by atoms with Crippen LogP contribution in [0.15, 0.2) is 35.2 Å². The molecule has 0 fully saturated rings. The molecule has 1 aromatic carbocycles. The van der Waals surface area contributed by atoms with Gasteiger partial charge in [-0.1, -0.05) is 23.2 Å². The number of nitrogens with one attached hydrogen (secondary N) is 2. The number of halogens is 2. The summed E-state index contributed by atoms with van der Waals surface area (Å²) in [5, 5.41) is 2.44.